The summed E-state index contributed by atoms with van der Waals surface area (Å²) in [6.45, 7) is 1.57. The van der Waals surface area contributed by atoms with E-state index in [4.69, 9.17) is 5.11 Å². The molecular formula is C12H8INO4. The summed E-state index contributed by atoms with van der Waals surface area (Å²) in [5.74, 6) is -1.83. The Morgan fingerprint density at radius 1 is 1.33 bits per heavy atom. The fourth-order valence-corrected chi connectivity index (χ4v) is 2.39. The summed E-state index contributed by atoms with van der Waals surface area (Å²) in [7, 11) is 0. The van der Waals surface area contributed by atoms with Crippen LogP contribution in [0.4, 0.5) is 5.69 Å². The number of nitrogens with zero attached hydrogens (tertiary/aromatic N) is 1. The van der Waals surface area contributed by atoms with Crippen LogP contribution in [0.5, 0.6) is 0 Å². The molecule has 6 heteroatoms. The molecule has 0 bridgehead atoms. The van der Waals surface area contributed by atoms with Gasteiger partial charge in [0.1, 0.15) is 0 Å². The van der Waals surface area contributed by atoms with Crippen LogP contribution in [0.3, 0.4) is 0 Å². The van der Waals surface area contributed by atoms with E-state index in [9.17, 15) is 14.4 Å². The van der Waals surface area contributed by atoms with Crippen LogP contribution in [-0.4, -0.2) is 22.9 Å². The van der Waals surface area contributed by atoms with Gasteiger partial charge in [-0.1, -0.05) is 0 Å². The minimum Gasteiger partial charge on any atom is -0.478 e. The Labute approximate surface area is 116 Å². The molecule has 2 rings (SSSR count). The number of carbonyl (C=O) groups excluding carboxylic acids is 2. The molecule has 0 aromatic heterocycles. The number of carboxylic acid groups (broad SMARTS) is 1. The quantitative estimate of drug-likeness (QED) is 0.647. The molecule has 0 unspecified atom stereocenters. The molecule has 1 aliphatic heterocycles. The second-order valence-electron chi connectivity index (χ2n) is 3.78. The zero-order valence-electron chi connectivity index (χ0n) is 9.31. The third-order valence-electron chi connectivity index (χ3n) is 2.54. The van der Waals surface area contributed by atoms with Gasteiger partial charge in [-0.05, 0) is 47.7 Å². The first-order chi connectivity index (χ1) is 8.41. The third kappa shape index (κ3) is 2.03. The molecule has 0 aliphatic carbocycles. The lowest BCUT2D eigenvalue weighted by atomic mass is 10.2. The normalized spacial score (nSPS) is 15.0. The van der Waals surface area contributed by atoms with Gasteiger partial charge in [0.2, 0.25) is 0 Å². The molecule has 2 amide bonds. The smallest absolute Gasteiger partial charge is 0.335 e. The van der Waals surface area contributed by atoms with Gasteiger partial charge in [-0.2, -0.15) is 0 Å². The van der Waals surface area contributed by atoms with Crippen molar-refractivity contribution < 1.29 is 19.5 Å². The van der Waals surface area contributed by atoms with E-state index in [2.05, 4.69) is 0 Å². The van der Waals surface area contributed by atoms with Crippen LogP contribution in [0.1, 0.15) is 17.3 Å². The highest BCUT2D eigenvalue weighted by molar-refractivity contribution is 14.1. The summed E-state index contributed by atoms with van der Waals surface area (Å²) in [6.07, 6.45) is 1.27. The molecule has 18 heavy (non-hydrogen) atoms. The van der Waals surface area contributed by atoms with Crippen molar-refractivity contribution in [1.82, 2.24) is 0 Å². The maximum absolute atomic E-state index is 11.8. The van der Waals surface area contributed by atoms with Crippen molar-refractivity contribution in [3.63, 3.8) is 0 Å². The molecule has 0 spiro atoms. The van der Waals surface area contributed by atoms with Crippen molar-refractivity contribution in [2.75, 3.05) is 4.90 Å². The van der Waals surface area contributed by atoms with E-state index >= 15 is 0 Å². The average molecular weight is 357 g/mol. The number of anilines is 1. The predicted octanol–water partition coefficient (Wildman–Crippen LogP) is 1.81. The van der Waals surface area contributed by atoms with Crippen molar-refractivity contribution in [3.05, 3.63) is 39.0 Å². The number of carboxylic acids is 1. The zero-order chi connectivity index (χ0) is 13.4. The standard InChI is InChI=1S/C12H8INO4/c1-6-4-10(15)14(11(6)16)9-3-2-7(12(17)18)5-8(9)13/h2-5H,1H3,(H,17,18). The highest BCUT2D eigenvalue weighted by atomic mass is 127. The summed E-state index contributed by atoms with van der Waals surface area (Å²) >= 11 is 1.90. The van der Waals surface area contributed by atoms with Crippen LogP contribution >= 0.6 is 22.6 Å². The highest BCUT2D eigenvalue weighted by Gasteiger charge is 2.31. The molecule has 0 saturated carbocycles. The summed E-state index contributed by atoms with van der Waals surface area (Å²) < 4.78 is 0.539. The van der Waals surface area contributed by atoms with Gasteiger partial charge in [0.05, 0.1) is 11.3 Å². The van der Waals surface area contributed by atoms with E-state index < -0.39 is 11.9 Å². The van der Waals surface area contributed by atoms with Crippen molar-refractivity contribution in [2.45, 2.75) is 6.92 Å². The number of amides is 2. The fourth-order valence-electron chi connectivity index (χ4n) is 1.64. The van der Waals surface area contributed by atoms with Crippen molar-refractivity contribution in [2.24, 2.45) is 0 Å². The molecule has 1 aromatic carbocycles. The largest absolute Gasteiger partial charge is 0.478 e. The molecule has 1 N–H and O–H groups in total. The number of imide groups is 1. The number of hydrogen-bond donors (Lipinski definition) is 1. The molecule has 5 nitrogen and oxygen atoms in total. The number of aromatic carboxylic acids is 1. The molecule has 0 saturated heterocycles. The number of halogens is 1. The van der Waals surface area contributed by atoms with Gasteiger partial charge < -0.3 is 5.11 Å². The molecule has 0 fully saturated rings. The molecule has 0 atom stereocenters. The van der Waals surface area contributed by atoms with Crippen molar-refractivity contribution in [1.29, 1.82) is 0 Å². The Morgan fingerprint density at radius 2 is 2.00 bits per heavy atom. The molecule has 1 aromatic rings. The second kappa shape index (κ2) is 4.52. The Hall–Kier alpha value is -1.70. The number of hydrogen-bond acceptors (Lipinski definition) is 3. The van der Waals surface area contributed by atoms with Gasteiger partial charge in [0.25, 0.3) is 11.8 Å². The summed E-state index contributed by atoms with van der Waals surface area (Å²) in [4.78, 5) is 35.3. The van der Waals surface area contributed by atoms with E-state index in [0.717, 1.165) is 4.90 Å². The topological polar surface area (TPSA) is 74.7 Å². The third-order valence-corrected chi connectivity index (χ3v) is 3.40. The Balaban J connectivity index is 2.45. The number of carbonyl (C=O) groups is 3. The minimum absolute atomic E-state index is 0.118. The SMILES string of the molecule is CC1=CC(=O)N(c2ccc(C(=O)O)cc2I)C1=O. The summed E-state index contributed by atoms with van der Waals surface area (Å²) in [5.41, 5.74) is 0.897. The van der Waals surface area contributed by atoms with Gasteiger partial charge in [0, 0.05) is 15.2 Å². The first kappa shape index (κ1) is 12.7. The van der Waals surface area contributed by atoms with Crippen molar-refractivity contribution in [3.8, 4) is 0 Å². The van der Waals surface area contributed by atoms with Crippen LogP contribution in [0, 0.1) is 3.57 Å². The first-order valence-corrected chi connectivity index (χ1v) is 6.09. The Kier molecular flexibility index (Phi) is 3.20. The van der Waals surface area contributed by atoms with Crippen LogP contribution in [-0.2, 0) is 9.59 Å². The van der Waals surface area contributed by atoms with E-state index in [1.807, 2.05) is 22.6 Å². The van der Waals surface area contributed by atoms with Crippen LogP contribution in [0.25, 0.3) is 0 Å². The monoisotopic (exact) mass is 357 g/mol. The van der Waals surface area contributed by atoms with Gasteiger partial charge in [-0.15, -0.1) is 0 Å². The minimum atomic E-state index is -1.05. The Bertz CT molecular complexity index is 606. The van der Waals surface area contributed by atoms with E-state index in [1.54, 1.807) is 6.92 Å². The molecular weight excluding hydrogens is 349 g/mol. The summed E-state index contributed by atoms with van der Waals surface area (Å²) in [5, 5.41) is 8.85. The maximum Gasteiger partial charge on any atom is 0.335 e. The number of rotatable bonds is 2. The van der Waals surface area contributed by atoms with E-state index in [0.29, 0.717) is 14.8 Å². The maximum atomic E-state index is 11.8. The molecule has 1 heterocycles. The van der Waals surface area contributed by atoms with Crippen molar-refractivity contribution >= 4 is 46.1 Å². The lowest BCUT2D eigenvalue weighted by molar-refractivity contribution is -0.120. The molecule has 92 valence electrons. The summed E-state index contributed by atoms with van der Waals surface area (Å²) in [6, 6.07) is 4.26. The highest BCUT2D eigenvalue weighted by Crippen LogP contribution is 2.28. The van der Waals surface area contributed by atoms with E-state index in [1.165, 1.54) is 24.3 Å². The fraction of sp³-hybridized carbons (Fsp3) is 0.0833. The van der Waals surface area contributed by atoms with E-state index in [-0.39, 0.29) is 11.5 Å². The van der Waals surface area contributed by atoms with Gasteiger partial charge in [-0.3, -0.25) is 9.59 Å². The van der Waals surface area contributed by atoms with Crippen LogP contribution in [0.2, 0.25) is 0 Å². The zero-order valence-corrected chi connectivity index (χ0v) is 11.5. The lowest BCUT2D eigenvalue weighted by Crippen LogP contribution is -2.31. The van der Waals surface area contributed by atoms with Crippen LogP contribution in [0.15, 0.2) is 29.8 Å². The Morgan fingerprint density at radius 3 is 2.44 bits per heavy atom. The lowest BCUT2D eigenvalue weighted by Gasteiger charge is -2.16. The number of benzene rings is 1. The van der Waals surface area contributed by atoms with Crippen LogP contribution < -0.4 is 4.90 Å². The van der Waals surface area contributed by atoms with Gasteiger partial charge in [0.15, 0.2) is 0 Å². The average Bonchev–Trinajstić information content (AvgIpc) is 2.54. The first-order valence-electron chi connectivity index (χ1n) is 5.01. The molecule has 0 radical (unpaired) electrons. The van der Waals surface area contributed by atoms with Gasteiger partial charge in [-0.25, -0.2) is 9.69 Å². The predicted molar refractivity (Wildman–Crippen MR) is 72.4 cm³/mol. The van der Waals surface area contributed by atoms with Gasteiger partial charge >= 0.3 is 5.97 Å². The molecule has 1 aliphatic rings. The second-order valence-corrected chi connectivity index (χ2v) is 4.94.